The molecule has 0 aliphatic carbocycles. The van der Waals surface area contributed by atoms with E-state index >= 15 is 0 Å². The molecule has 0 fully saturated rings. The van der Waals surface area contributed by atoms with Crippen LogP contribution in [0.4, 0.5) is 0 Å². The topological polar surface area (TPSA) is 57.5 Å². The SMILES string of the molecule is CCC(CC)c1ccc(C(=O)O)c(O)c1. The van der Waals surface area contributed by atoms with Crippen LogP contribution in [0.15, 0.2) is 18.2 Å². The van der Waals surface area contributed by atoms with E-state index in [1.807, 2.05) is 0 Å². The Balaban J connectivity index is 3.05. The van der Waals surface area contributed by atoms with E-state index < -0.39 is 5.97 Å². The first-order valence-electron chi connectivity index (χ1n) is 5.16. The summed E-state index contributed by atoms with van der Waals surface area (Å²) in [6.45, 7) is 4.16. The van der Waals surface area contributed by atoms with Crippen LogP contribution >= 0.6 is 0 Å². The lowest BCUT2D eigenvalue weighted by atomic mass is 9.93. The molecular formula is C12H16O3. The third-order valence-corrected chi connectivity index (χ3v) is 2.71. The molecule has 1 aromatic carbocycles. The molecule has 0 aliphatic rings. The number of phenols is 1. The third kappa shape index (κ3) is 2.49. The highest BCUT2D eigenvalue weighted by Crippen LogP contribution is 2.27. The number of benzene rings is 1. The van der Waals surface area contributed by atoms with Gasteiger partial charge < -0.3 is 10.2 Å². The zero-order valence-corrected chi connectivity index (χ0v) is 9.03. The van der Waals surface area contributed by atoms with Crippen LogP contribution in [0.5, 0.6) is 5.75 Å². The van der Waals surface area contributed by atoms with Crippen molar-refractivity contribution in [2.45, 2.75) is 32.6 Å². The molecule has 0 unspecified atom stereocenters. The number of carboxylic acid groups (broad SMARTS) is 1. The van der Waals surface area contributed by atoms with Gasteiger partial charge in [-0.05, 0) is 36.5 Å². The van der Waals surface area contributed by atoms with Crippen LogP contribution < -0.4 is 0 Å². The number of hydrogen-bond donors (Lipinski definition) is 2. The molecule has 2 N–H and O–H groups in total. The first-order chi connectivity index (χ1) is 7.10. The first kappa shape index (κ1) is 11.6. The second-order valence-electron chi connectivity index (χ2n) is 3.60. The zero-order chi connectivity index (χ0) is 11.4. The van der Waals surface area contributed by atoms with Gasteiger partial charge in [0, 0.05) is 0 Å². The monoisotopic (exact) mass is 208 g/mol. The van der Waals surface area contributed by atoms with E-state index in [9.17, 15) is 9.90 Å². The Kier molecular flexibility index (Phi) is 3.72. The van der Waals surface area contributed by atoms with Gasteiger partial charge in [-0.25, -0.2) is 4.79 Å². The molecule has 0 spiro atoms. The lowest BCUT2D eigenvalue weighted by molar-refractivity contribution is 0.0693. The Morgan fingerprint density at radius 1 is 1.33 bits per heavy atom. The van der Waals surface area contributed by atoms with Crippen molar-refractivity contribution >= 4 is 5.97 Å². The van der Waals surface area contributed by atoms with E-state index in [4.69, 9.17) is 5.11 Å². The summed E-state index contributed by atoms with van der Waals surface area (Å²) in [5.74, 6) is -0.853. The normalized spacial score (nSPS) is 10.6. The molecule has 0 amide bonds. The van der Waals surface area contributed by atoms with Gasteiger partial charge in [0.25, 0.3) is 0 Å². The maximum Gasteiger partial charge on any atom is 0.339 e. The van der Waals surface area contributed by atoms with Gasteiger partial charge in [0.1, 0.15) is 11.3 Å². The quantitative estimate of drug-likeness (QED) is 0.799. The predicted octanol–water partition coefficient (Wildman–Crippen LogP) is 2.99. The van der Waals surface area contributed by atoms with Crippen molar-refractivity contribution < 1.29 is 15.0 Å². The molecular weight excluding hydrogens is 192 g/mol. The summed E-state index contributed by atoms with van der Waals surface area (Å²) in [6, 6.07) is 4.80. The van der Waals surface area contributed by atoms with E-state index in [0.29, 0.717) is 5.92 Å². The highest BCUT2D eigenvalue weighted by atomic mass is 16.4. The summed E-state index contributed by atoms with van der Waals surface area (Å²) in [5.41, 5.74) is 0.965. The summed E-state index contributed by atoms with van der Waals surface area (Å²) in [6.07, 6.45) is 1.98. The minimum Gasteiger partial charge on any atom is -0.507 e. The smallest absolute Gasteiger partial charge is 0.339 e. The second kappa shape index (κ2) is 4.82. The minimum atomic E-state index is -1.09. The van der Waals surface area contributed by atoms with Crippen LogP contribution in [-0.4, -0.2) is 16.2 Å². The van der Waals surface area contributed by atoms with Crippen LogP contribution in [-0.2, 0) is 0 Å². The van der Waals surface area contributed by atoms with Crippen molar-refractivity contribution in [1.82, 2.24) is 0 Å². The van der Waals surface area contributed by atoms with Crippen LogP contribution in [0, 0.1) is 0 Å². The van der Waals surface area contributed by atoms with E-state index in [1.54, 1.807) is 12.1 Å². The van der Waals surface area contributed by atoms with Gasteiger partial charge >= 0.3 is 5.97 Å². The first-order valence-corrected chi connectivity index (χ1v) is 5.16. The molecule has 0 bridgehead atoms. The standard InChI is InChI=1S/C12H16O3/c1-3-8(4-2)9-5-6-10(12(14)15)11(13)7-9/h5-8,13H,3-4H2,1-2H3,(H,14,15). The Morgan fingerprint density at radius 3 is 2.33 bits per heavy atom. The fourth-order valence-electron chi connectivity index (χ4n) is 1.74. The number of rotatable bonds is 4. The minimum absolute atomic E-state index is 0.0373. The zero-order valence-electron chi connectivity index (χ0n) is 9.03. The van der Waals surface area contributed by atoms with Crippen molar-refractivity contribution in [3.05, 3.63) is 29.3 Å². The van der Waals surface area contributed by atoms with Crippen molar-refractivity contribution in [2.24, 2.45) is 0 Å². The van der Waals surface area contributed by atoms with Crippen molar-refractivity contribution in [3.8, 4) is 5.75 Å². The average Bonchev–Trinajstić information content (AvgIpc) is 2.19. The lowest BCUT2D eigenvalue weighted by Gasteiger charge is -2.13. The molecule has 3 heteroatoms. The summed E-state index contributed by atoms with van der Waals surface area (Å²) < 4.78 is 0. The average molecular weight is 208 g/mol. The van der Waals surface area contributed by atoms with Gasteiger partial charge in [0.2, 0.25) is 0 Å². The number of aromatic carboxylic acids is 1. The molecule has 0 aliphatic heterocycles. The Bertz CT molecular complexity index is 354. The number of hydrogen-bond acceptors (Lipinski definition) is 2. The maximum atomic E-state index is 10.7. The van der Waals surface area contributed by atoms with E-state index in [1.165, 1.54) is 6.07 Å². The molecule has 82 valence electrons. The Labute approximate surface area is 89.4 Å². The Morgan fingerprint density at radius 2 is 1.93 bits per heavy atom. The van der Waals surface area contributed by atoms with Crippen LogP contribution in [0.2, 0.25) is 0 Å². The molecule has 0 saturated carbocycles. The molecule has 15 heavy (non-hydrogen) atoms. The largest absolute Gasteiger partial charge is 0.507 e. The molecule has 0 saturated heterocycles. The van der Waals surface area contributed by atoms with Gasteiger partial charge in [-0.1, -0.05) is 19.9 Å². The van der Waals surface area contributed by atoms with Gasteiger partial charge in [0.05, 0.1) is 0 Å². The highest BCUT2D eigenvalue weighted by Gasteiger charge is 2.13. The van der Waals surface area contributed by atoms with Crippen molar-refractivity contribution in [3.63, 3.8) is 0 Å². The predicted molar refractivity (Wildman–Crippen MR) is 58.4 cm³/mol. The van der Waals surface area contributed by atoms with E-state index in [0.717, 1.165) is 18.4 Å². The van der Waals surface area contributed by atoms with Crippen LogP contribution in [0.3, 0.4) is 0 Å². The van der Waals surface area contributed by atoms with Gasteiger partial charge in [-0.2, -0.15) is 0 Å². The molecule has 3 nitrogen and oxygen atoms in total. The number of aromatic hydroxyl groups is 1. The van der Waals surface area contributed by atoms with E-state index in [-0.39, 0.29) is 11.3 Å². The summed E-state index contributed by atoms with van der Waals surface area (Å²) >= 11 is 0. The Hall–Kier alpha value is -1.51. The fourth-order valence-corrected chi connectivity index (χ4v) is 1.74. The van der Waals surface area contributed by atoms with Crippen molar-refractivity contribution in [2.75, 3.05) is 0 Å². The van der Waals surface area contributed by atoms with Gasteiger partial charge in [0.15, 0.2) is 0 Å². The summed E-state index contributed by atoms with van der Waals surface area (Å²) in [4.78, 5) is 10.7. The molecule has 0 radical (unpaired) electrons. The summed E-state index contributed by atoms with van der Waals surface area (Å²) in [5, 5.41) is 18.3. The molecule has 1 rings (SSSR count). The fraction of sp³-hybridized carbons (Fsp3) is 0.417. The maximum absolute atomic E-state index is 10.7. The van der Waals surface area contributed by atoms with Gasteiger partial charge in [-0.3, -0.25) is 0 Å². The molecule has 0 atom stereocenters. The number of carbonyl (C=O) groups is 1. The number of carboxylic acids is 1. The molecule has 0 aromatic heterocycles. The highest BCUT2D eigenvalue weighted by molar-refractivity contribution is 5.90. The van der Waals surface area contributed by atoms with E-state index in [2.05, 4.69) is 13.8 Å². The lowest BCUT2D eigenvalue weighted by Crippen LogP contribution is -2.00. The second-order valence-corrected chi connectivity index (χ2v) is 3.60. The van der Waals surface area contributed by atoms with Crippen LogP contribution in [0.25, 0.3) is 0 Å². The third-order valence-electron chi connectivity index (χ3n) is 2.71. The van der Waals surface area contributed by atoms with Crippen LogP contribution in [0.1, 0.15) is 48.5 Å². The van der Waals surface area contributed by atoms with Gasteiger partial charge in [-0.15, -0.1) is 0 Å². The summed E-state index contributed by atoms with van der Waals surface area (Å²) in [7, 11) is 0. The molecule has 0 heterocycles. The molecule has 1 aromatic rings. The van der Waals surface area contributed by atoms with Crippen molar-refractivity contribution in [1.29, 1.82) is 0 Å².